The Morgan fingerprint density at radius 1 is 0.933 bits per heavy atom. The topological polar surface area (TPSA) is 142 Å². The van der Waals surface area contributed by atoms with Crippen LogP contribution in [0.1, 0.15) is 69.3 Å². The van der Waals surface area contributed by atoms with E-state index in [9.17, 15) is 18.4 Å². The molecule has 250 valence electrons. The molecule has 2 amide bonds. The van der Waals surface area contributed by atoms with Gasteiger partial charge in [0.15, 0.2) is 32.8 Å². The van der Waals surface area contributed by atoms with E-state index in [4.69, 9.17) is 28.4 Å². The van der Waals surface area contributed by atoms with Crippen LogP contribution in [0.4, 0.5) is 4.79 Å². The van der Waals surface area contributed by atoms with E-state index in [1.54, 1.807) is 45.6 Å². The molecule has 2 atom stereocenters. The number of urea groups is 1. The number of methoxy groups -OCH3 is 3. The van der Waals surface area contributed by atoms with Crippen molar-refractivity contribution in [2.75, 3.05) is 53.9 Å². The number of carbonyl (C=O) groups excluding carboxylic acids is 1. The molecule has 45 heavy (non-hydrogen) atoms. The van der Waals surface area contributed by atoms with Gasteiger partial charge in [0.2, 0.25) is 5.75 Å². The summed E-state index contributed by atoms with van der Waals surface area (Å²) in [6, 6.07) is 6.47. The number of amides is 2. The highest BCUT2D eigenvalue weighted by Crippen LogP contribution is 2.48. The molecule has 2 aromatic rings. The molecule has 2 aromatic carbocycles. The zero-order valence-electron chi connectivity index (χ0n) is 27.0. The largest absolute Gasteiger partial charge is 0.493 e. The minimum absolute atomic E-state index is 0.0228. The molecule has 3 rings (SSSR count). The first kappa shape index (κ1) is 35.8. The highest BCUT2D eigenvalue weighted by molar-refractivity contribution is 7.90. The second-order valence-electron chi connectivity index (χ2n) is 10.6. The van der Waals surface area contributed by atoms with Crippen LogP contribution in [0.5, 0.6) is 28.7 Å². The fraction of sp³-hybridized carbons (Fsp3) is 0.531. The lowest BCUT2D eigenvalue weighted by atomic mass is 10.0. The Morgan fingerprint density at radius 2 is 1.56 bits per heavy atom. The van der Waals surface area contributed by atoms with Gasteiger partial charge in [-0.1, -0.05) is 26.3 Å². The Balaban J connectivity index is 1.82. The molecule has 0 aromatic heterocycles. The number of ether oxygens (including phenoxy) is 6. The molecule has 0 unspecified atom stereocenters. The van der Waals surface area contributed by atoms with Gasteiger partial charge in [-0.15, -0.1) is 0 Å². The van der Waals surface area contributed by atoms with Crippen LogP contribution >= 0.6 is 0 Å². The molecular formula is C32H46N2O10S. The smallest absolute Gasteiger partial charge is 0.341 e. The maximum Gasteiger partial charge on any atom is 0.341 e. The predicted octanol–water partition coefficient (Wildman–Crippen LogP) is 5.63. The van der Waals surface area contributed by atoms with E-state index >= 15 is 0 Å². The molecule has 0 spiro atoms. The Morgan fingerprint density at radius 3 is 2.11 bits per heavy atom. The molecule has 1 heterocycles. The van der Waals surface area contributed by atoms with E-state index < -0.39 is 22.0 Å². The number of hydroxylamine groups is 2. The molecule has 13 heteroatoms. The Labute approximate surface area is 266 Å². The van der Waals surface area contributed by atoms with E-state index in [0.29, 0.717) is 60.2 Å². The van der Waals surface area contributed by atoms with Crippen LogP contribution in [-0.2, 0) is 14.6 Å². The number of hydrogen-bond donors (Lipinski definition) is 2. The van der Waals surface area contributed by atoms with Gasteiger partial charge in [-0.2, -0.15) is 0 Å². The van der Waals surface area contributed by atoms with Crippen LogP contribution in [0.25, 0.3) is 0 Å². The van der Waals surface area contributed by atoms with Crippen molar-refractivity contribution in [3.05, 3.63) is 47.5 Å². The molecule has 0 aliphatic carbocycles. The van der Waals surface area contributed by atoms with Crippen LogP contribution in [0.2, 0.25) is 0 Å². The molecule has 1 saturated heterocycles. The fourth-order valence-electron chi connectivity index (χ4n) is 4.86. The first-order valence-electron chi connectivity index (χ1n) is 15.1. The van der Waals surface area contributed by atoms with Crippen molar-refractivity contribution in [2.24, 2.45) is 0 Å². The number of hydrogen-bond acceptors (Lipinski definition) is 10. The third-order valence-electron chi connectivity index (χ3n) is 7.17. The van der Waals surface area contributed by atoms with E-state index in [1.165, 1.54) is 0 Å². The monoisotopic (exact) mass is 650 g/mol. The van der Waals surface area contributed by atoms with Gasteiger partial charge in [-0.25, -0.2) is 18.3 Å². The van der Waals surface area contributed by atoms with Gasteiger partial charge in [-0.05, 0) is 67.2 Å². The molecule has 0 saturated carbocycles. The third-order valence-corrected chi connectivity index (χ3v) is 8.28. The van der Waals surface area contributed by atoms with Crippen molar-refractivity contribution in [3.8, 4) is 28.7 Å². The maximum absolute atomic E-state index is 12.9. The third kappa shape index (κ3) is 9.65. The van der Waals surface area contributed by atoms with Gasteiger partial charge >= 0.3 is 6.03 Å². The quantitative estimate of drug-likeness (QED) is 0.126. The van der Waals surface area contributed by atoms with Gasteiger partial charge in [0.25, 0.3) is 0 Å². The van der Waals surface area contributed by atoms with E-state index in [0.717, 1.165) is 18.2 Å². The zero-order chi connectivity index (χ0) is 33.0. The number of benzene rings is 2. The van der Waals surface area contributed by atoms with Crippen LogP contribution in [0.3, 0.4) is 0 Å². The molecule has 1 aliphatic heterocycles. The lowest BCUT2D eigenvalue weighted by molar-refractivity contribution is -0.0434. The summed E-state index contributed by atoms with van der Waals surface area (Å²) in [6.45, 7) is 4.72. The van der Waals surface area contributed by atoms with Gasteiger partial charge in [0.1, 0.15) is 11.5 Å². The number of carbonyl (C=O) groups is 1. The summed E-state index contributed by atoms with van der Waals surface area (Å²) in [5.41, 5.74) is 1.50. The van der Waals surface area contributed by atoms with Crippen molar-refractivity contribution < 1.29 is 46.8 Å². The van der Waals surface area contributed by atoms with E-state index in [2.05, 4.69) is 5.32 Å². The minimum Gasteiger partial charge on any atom is -0.493 e. The Kier molecular flexibility index (Phi) is 13.6. The van der Waals surface area contributed by atoms with Crippen LogP contribution in [-0.4, -0.2) is 78.6 Å². The average molecular weight is 651 g/mol. The second-order valence-corrected chi connectivity index (χ2v) is 12.5. The van der Waals surface area contributed by atoms with Crippen LogP contribution < -0.4 is 29.0 Å². The molecular weight excluding hydrogens is 604 g/mol. The summed E-state index contributed by atoms with van der Waals surface area (Å²) in [6.07, 6.45) is 7.36. The summed E-state index contributed by atoms with van der Waals surface area (Å²) >= 11 is 0. The fourth-order valence-corrected chi connectivity index (χ4v) is 5.71. The molecule has 0 radical (unpaired) electrons. The first-order valence-corrected chi connectivity index (χ1v) is 16.9. The van der Waals surface area contributed by atoms with E-state index in [-0.39, 0.29) is 42.2 Å². The molecule has 1 fully saturated rings. The van der Waals surface area contributed by atoms with Crippen molar-refractivity contribution >= 4 is 15.9 Å². The lowest BCUT2D eigenvalue weighted by Gasteiger charge is -2.20. The van der Waals surface area contributed by atoms with Crippen LogP contribution in [0, 0.1) is 0 Å². The standard InChI is InChI=1S/C32H46N2O10S/c1-7-9-15-34(36)32(35)33-14-10-11-17-42-28-20-23(21-29(45(6,37)38)31(28)43-16-8-2)25-13-12-24(44-25)22-18-26(39-3)30(41-5)27(19-22)40-4/h10-11,18-21,24-25,36H,7-9,12-17H2,1-6H3,(H,33,35)/t24-,25-/m1/s1. The van der Waals surface area contributed by atoms with Crippen molar-refractivity contribution in [1.29, 1.82) is 0 Å². The SMILES string of the molecule is CCCCN(O)C(=O)NCC=CCOc1cc([C@H]2CC[C@H](c3cc(OC)c(OC)c(OC)c3)O2)cc(S(C)(=O)=O)c1OCCC. The van der Waals surface area contributed by atoms with Gasteiger partial charge in [0.05, 0.1) is 46.7 Å². The normalized spacial score (nSPS) is 16.4. The highest BCUT2D eigenvalue weighted by Gasteiger charge is 2.32. The van der Waals surface area contributed by atoms with Crippen molar-refractivity contribution in [3.63, 3.8) is 0 Å². The van der Waals surface area contributed by atoms with Gasteiger partial charge in [0, 0.05) is 12.8 Å². The first-order chi connectivity index (χ1) is 21.6. The molecule has 0 bridgehead atoms. The van der Waals surface area contributed by atoms with E-state index in [1.807, 2.05) is 26.0 Å². The number of rotatable bonds is 17. The lowest BCUT2D eigenvalue weighted by Crippen LogP contribution is -2.38. The zero-order valence-corrected chi connectivity index (χ0v) is 27.8. The number of nitrogens with one attached hydrogen (secondary N) is 1. The molecule has 2 N–H and O–H groups in total. The van der Waals surface area contributed by atoms with Crippen LogP contribution in [0.15, 0.2) is 41.3 Å². The summed E-state index contributed by atoms with van der Waals surface area (Å²) in [5.74, 6) is 1.94. The second kappa shape index (κ2) is 17.1. The Bertz CT molecular complexity index is 1390. The number of sulfone groups is 1. The van der Waals surface area contributed by atoms with Gasteiger partial charge < -0.3 is 33.7 Å². The summed E-state index contributed by atoms with van der Waals surface area (Å²) in [7, 11) is 0.956. The predicted molar refractivity (Wildman–Crippen MR) is 169 cm³/mol. The summed E-state index contributed by atoms with van der Waals surface area (Å²) in [4.78, 5) is 12.0. The maximum atomic E-state index is 12.9. The molecule has 12 nitrogen and oxygen atoms in total. The summed E-state index contributed by atoms with van der Waals surface area (Å²) in [5, 5.41) is 13.0. The van der Waals surface area contributed by atoms with Crippen molar-refractivity contribution in [1.82, 2.24) is 10.4 Å². The highest BCUT2D eigenvalue weighted by atomic mass is 32.2. The van der Waals surface area contributed by atoms with Gasteiger partial charge in [-0.3, -0.25) is 5.21 Å². The molecule has 1 aliphatic rings. The summed E-state index contributed by atoms with van der Waals surface area (Å²) < 4.78 is 60.7. The average Bonchev–Trinajstić information content (AvgIpc) is 3.53. The Hall–Kier alpha value is -3.68. The number of unbranched alkanes of at least 4 members (excludes halogenated alkanes) is 1. The number of nitrogens with zero attached hydrogens (tertiary/aromatic N) is 1. The van der Waals surface area contributed by atoms with Crippen molar-refractivity contribution in [2.45, 2.75) is 63.1 Å². The minimum atomic E-state index is -3.69.